The van der Waals surface area contributed by atoms with Gasteiger partial charge < -0.3 is 98.9 Å². The number of primary amides is 1. The Hall–Kier alpha value is -11.7. The molecule has 3 fully saturated rings. The van der Waals surface area contributed by atoms with Crippen LogP contribution < -0.4 is 58.9 Å². The first-order chi connectivity index (χ1) is 56.2. The standard InChI is InChI=1S/C83H107N15O19S/c1-46(2)68-77(111)89-61(42-99)74(108)93-70(50(6)102)79(113)94-69(49(5)101)78(112)88-60(40-53-30-34-57(35-31-53)55-24-16-11-17-25-55)81(115)95(7)47(3)71(105)87-59(39-52-28-32-56(33-29-52)54-22-14-10-15-23-54)82(116)96(8)48(4)80(114)97-36-18-26-64(97)75(109)90-62(43-100)83(117)98-37-19-27-65(98)76(110)91-63(72(106)85-41-66(84)103)44-118-45-67(104)86-58(73(107)92-68)38-51-20-12-9-13-21-51/h9-17,20-25,28-35,46-50,58-65,68-70,99-102H,18-19,26-27,36-45H2,1-8H3,(H2,84,103)(H,85,106)(H,86,104)(H,87,105)(H,88,112)(H,89,111)(H,90,109)(H,91,110)(H,92,107)(H,93,108)(H,94,113)/t47-,48-,49+,50+,58-,59-,60-,61-,62-,63-,64-,65-,68-,69-,70-/m0/s1. The minimum atomic E-state index is -1.99. The van der Waals surface area contributed by atoms with Crippen LogP contribution in [-0.4, -0.2) is 278 Å². The van der Waals surface area contributed by atoms with Gasteiger partial charge in [0.05, 0.1) is 37.7 Å². The summed E-state index contributed by atoms with van der Waals surface area (Å²) in [6, 6.07) is 20.9. The maximum absolute atomic E-state index is 15.2. The van der Waals surface area contributed by atoms with Gasteiger partial charge in [-0.05, 0) is 98.2 Å². The second-order valence-electron chi connectivity index (χ2n) is 30.0. The zero-order chi connectivity index (χ0) is 86.2. The van der Waals surface area contributed by atoms with Crippen LogP contribution in [0.5, 0.6) is 0 Å². The molecule has 16 N–H and O–H groups in total. The number of hydrogen-bond acceptors (Lipinski definition) is 20. The van der Waals surface area contributed by atoms with Crippen LogP contribution in [0, 0.1) is 5.92 Å². The summed E-state index contributed by atoms with van der Waals surface area (Å²) in [7, 11) is 2.60. The molecule has 3 aliphatic heterocycles. The molecule has 0 aromatic heterocycles. The van der Waals surface area contributed by atoms with E-state index < -0.39 is 211 Å². The summed E-state index contributed by atoms with van der Waals surface area (Å²) in [6.45, 7) is 5.26. The molecule has 35 heteroatoms. The van der Waals surface area contributed by atoms with Crippen LogP contribution in [0.1, 0.15) is 83.9 Å². The Kier molecular flexibility index (Phi) is 33.9. The molecule has 634 valence electrons. The number of benzene rings is 5. The number of thioether (sulfide) groups is 1. The molecule has 0 unspecified atom stereocenters. The second-order valence-corrected chi connectivity index (χ2v) is 31.1. The van der Waals surface area contributed by atoms with Crippen LogP contribution in [-0.2, 0) is 91.2 Å². The average Bonchev–Trinajstić information content (AvgIpc) is 1.61. The highest BCUT2D eigenvalue weighted by Crippen LogP contribution is 2.26. The quantitative estimate of drug-likeness (QED) is 0.0500. The predicted molar refractivity (Wildman–Crippen MR) is 435 cm³/mol. The summed E-state index contributed by atoms with van der Waals surface area (Å²) in [6.07, 6.45) is -3.53. The third-order valence-corrected chi connectivity index (χ3v) is 22.0. The number of aliphatic hydroxyl groups is 4. The summed E-state index contributed by atoms with van der Waals surface area (Å²) in [5, 5.41) is 68.9. The Bertz CT molecular complexity index is 4380. The highest BCUT2D eigenvalue weighted by molar-refractivity contribution is 8.00. The molecule has 0 radical (unpaired) electrons. The summed E-state index contributed by atoms with van der Waals surface area (Å²) in [5.74, 6) is -15.8. The predicted octanol–water partition coefficient (Wildman–Crippen LogP) is -2.16. The molecule has 118 heavy (non-hydrogen) atoms. The van der Waals surface area contributed by atoms with Gasteiger partial charge in [-0.25, -0.2) is 0 Å². The van der Waals surface area contributed by atoms with Crippen LogP contribution >= 0.6 is 11.8 Å². The van der Waals surface area contributed by atoms with E-state index in [2.05, 4.69) is 53.2 Å². The molecule has 0 saturated carbocycles. The van der Waals surface area contributed by atoms with Gasteiger partial charge in [0.25, 0.3) is 0 Å². The van der Waals surface area contributed by atoms with Gasteiger partial charge >= 0.3 is 0 Å². The number of nitrogens with two attached hydrogens (primary N) is 1. The van der Waals surface area contributed by atoms with E-state index in [0.717, 1.165) is 62.6 Å². The van der Waals surface area contributed by atoms with Gasteiger partial charge in [0.15, 0.2) is 0 Å². The third-order valence-electron chi connectivity index (χ3n) is 21.0. The van der Waals surface area contributed by atoms with Gasteiger partial charge in [-0.15, -0.1) is 11.8 Å². The summed E-state index contributed by atoms with van der Waals surface area (Å²) in [4.78, 5) is 220. The number of amides is 15. The maximum atomic E-state index is 15.2. The van der Waals surface area contributed by atoms with E-state index in [0.29, 0.717) is 16.7 Å². The molecule has 3 aliphatic rings. The van der Waals surface area contributed by atoms with Crippen molar-refractivity contribution in [3.63, 3.8) is 0 Å². The largest absolute Gasteiger partial charge is 0.394 e. The van der Waals surface area contributed by atoms with E-state index in [1.807, 2.05) is 72.8 Å². The van der Waals surface area contributed by atoms with E-state index in [-0.39, 0.29) is 63.8 Å². The van der Waals surface area contributed by atoms with Gasteiger partial charge in [-0.2, -0.15) is 0 Å². The number of aliphatic hydroxyl groups excluding tert-OH is 4. The molecule has 0 spiro atoms. The Labute approximate surface area is 688 Å². The van der Waals surface area contributed by atoms with Gasteiger partial charge in [-0.3, -0.25) is 71.9 Å². The number of carbonyl (C=O) groups is 15. The monoisotopic (exact) mass is 1650 g/mol. The lowest BCUT2D eigenvalue weighted by molar-refractivity contribution is -0.149. The molecule has 8 rings (SSSR count). The molecule has 3 saturated heterocycles. The van der Waals surface area contributed by atoms with Gasteiger partial charge in [-0.1, -0.05) is 153 Å². The van der Waals surface area contributed by atoms with E-state index >= 15 is 9.59 Å². The second kappa shape index (κ2) is 43.5. The Morgan fingerprint density at radius 3 is 1.31 bits per heavy atom. The smallest absolute Gasteiger partial charge is 0.248 e. The highest BCUT2D eigenvalue weighted by Gasteiger charge is 2.45. The molecule has 0 bridgehead atoms. The first kappa shape index (κ1) is 91.9. The van der Waals surface area contributed by atoms with E-state index in [1.165, 1.54) is 46.7 Å². The lowest BCUT2D eigenvalue weighted by atomic mass is 9.99. The minimum Gasteiger partial charge on any atom is -0.394 e. The van der Waals surface area contributed by atoms with Crippen molar-refractivity contribution >= 4 is 100 Å². The number of likely N-dealkylation sites (N-methyl/N-ethyl adjacent to an activating group) is 2. The normalized spacial score (nSPS) is 25.5. The molecule has 15 amide bonds. The van der Waals surface area contributed by atoms with Crippen LogP contribution in [0.15, 0.2) is 140 Å². The van der Waals surface area contributed by atoms with Gasteiger partial charge in [0, 0.05) is 52.2 Å². The molecular weight excluding hydrogens is 1540 g/mol. The van der Waals surface area contributed by atoms with Crippen molar-refractivity contribution in [3.05, 3.63) is 156 Å². The first-order valence-corrected chi connectivity index (χ1v) is 40.3. The Balaban J connectivity index is 1.13. The SMILES string of the molecule is CC(C)[C@@H]1NC(=O)[C@H](Cc2ccccc2)NC(=O)CSC[C@@H](C(=O)NCC(N)=O)NC(=O)[C@@H]2CCCN2C(=O)[C@H](CO)NC(=O)[C@@H]2CCCN2C(=O)[C@H](C)N(C)C(=O)[C@H](Cc2ccc(-c3ccccc3)cc2)NC(=O)[C@H](C)N(C)C(=O)[C@H](Cc2ccc(-c3ccccc3)cc2)NC(=O)[C@H]([C@@H](C)O)NC(=O)[C@H]([C@@H](C)O)NC(=O)[C@H](CO)NC1=O. The molecule has 3 heterocycles. The zero-order valence-electron chi connectivity index (χ0n) is 67.1. The topological polar surface area (TPSA) is 496 Å². The Morgan fingerprint density at radius 2 is 0.831 bits per heavy atom. The Morgan fingerprint density at radius 1 is 0.441 bits per heavy atom. The molecule has 5 aromatic carbocycles. The highest BCUT2D eigenvalue weighted by atomic mass is 32.2. The molecule has 15 atom stereocenters. The first-order valence-electron chi connectivity index (χ1n) is 39.1. The number of hydrogen-bond donors (Lipinski definition) is 15. The van der Waals surface area contributed by atoms with Crippen LogP contribution in [0.3, 0.4) is 0 Å². The van der Waals surface area contributed by atoms with Crippen molar-refractivity contribution < 1.29 is 92.3 Å². The molecule has 0 aliphatic carbocycles. The number of fused-ring (bicyclic) bond motifs is 2. The number of rotatable bonds is 16. The van der Waals surface area contributed by atoms with E-state index in [9.17, 15) is 82.8 Å². The fourth-order valence-electron chi connectivity index (χ4n) is 13.9. The maximum Gasteiger partial charge on any atom is 0.248 e. The molecule has 5 aromatic rings. The molecule has 34 nitrogen and oxygen atoms in total. The van der Waals surface area contributed by atoms with E-state index in [1.54, 1.807) is 66.7 Å². The number of nitrogens with zero attached hydrogens (tertiary/aromatic N) is 4. The number of carbonyl (C=O) groups excluding carboxylic acids is 15. The summed E-state index contributed by atoms with van der Waals surface area (Å²) >= 11 is 0.807. The van der Waals surface area contributed by atoms with Crippen LogP contribution in [0.2, 0.25) is 0 Å². The third kappa shape index (κ3) is 24.9. The van der Waals surface area contributed by atoms with Crippen molar-refractivity contribution in [2.45, 2.75) is 177 Å². The number of nitrogens with one attached hydrogen (secondary N) is 10. The summed E-state index contributed by atoms with van der Waals surface area (Å²) in [5.41, 5.74) is 10.3. The van der Waals surface area contributed by atoms with Gasteiger partial charge in [0.1, 0.15) is 78.5 Å². The molecular formula is C83H107N15O19S. The van der Waals surface area contributed by atoms with Crippen molar-refractivity contribution in [2.75, 3.05) is 58.4 Å². The average molecular weight is 1650 g/mol. The zero-order valence-corrected chi connectivity index (χ0v) is 67.9. The lowest BCUT2D eigenvalue weighted by Gasteiger charge is -2.34. The fourth-order valence-corrected chi connectivity index (χ4v) is 14.8. The lowest BCUT2D eigenvalue weighted by Crippen LogP contribution is -2.64. The van der Waals surface area contributed by atoms with Crippen molar-refractivity contribution in [2.24, 2.45) is 11.7 Å². The minimum absolute atomic E-state index is 0.00864. The van der Waals surface area contributed by atoms with Crippen molar-refractivity contribution in [1.82, 2.24) is 72.8 Å². The fraction of sp³-hybridized carbons (Fsp3) is 0.458. The van der Waals surface area contributed by atoms with E-state index in [4.69, 9.17) is 5.73 Å². The van der Waals surface area contributed by atoms with Crippen molar-refractivity contribution in [3.8, 4) is 22.3 Å². The van der Waals surface area contributed by atoms with Gasteiger partial charge in [0.2, 0.25) is 88.6 Å². The van der Waals surface area contributed by atoms with Crippen LogP contribution in [0.4, 0.5) is 0 Å². The van der Waals surface area contributed by atoms with Crippen molar-refractivity contribution in [1.29, 1.82) is 0 Å². The summed E-state index contributed by atoms with van der Waals surface area (Å²) < 4.78 is 0. The van der Waals surface area contributed by atoms with Crippen LogP contribution in [0.25, 0.3) is 22.3 Å².